The number of aryl methyl sites for hydroxylation is 2. The van der Waals surface area contributed by atoms with Gasteiger partial charge in [-0.1, -0.05) is 38.1 Å². The van der Waals surface area contributed by atoms with E-state index in [-0.39, 0.29) is 17.1 Å². The standard InChI is InChI=1S/C22H24N6O2/c1-13-10-15(17-8-9-23-18-11-14(2)26-28(17)18)6-7-16(13)12-24-20(29)19-25-21(30-27-19)22(3,4)5/h6-11H,12H2,1-5H3,(H,24,29). The minimum atomic E-state index is -0.361. The zero-order valence-electron chi connectivity index (χ0n) is 17.7. The van der Waals surface area contributed by atoms with Crippen LogP contribution in [0.15, 0.2) is 41.1 Å². The summed E-state index contributed by atoms with van der Waals surface area (Å²) < 4.78 is 7.03. The van der Waals surface area contributed by atoms with Crippen molar-refractivity contribution in [2.45, 2.75) is 46.6 Å². The van der Waals surface area contributed by atoms with Crippen molar-refractivity contribution in [1.29, 1.82) is 0 Å². The molecule has 4 rings (SSSR count). The second-order valence-electron chi connectivity index (χ2n) is 8.38. The van der Waals surface area contributed by atoms with E-state index >= 15 is 0 Å². The Kier molecular flexibility index (Phi) is 4.85. The predicted octanol–water partition coefficient (Wildman–Crippen LogP) is 3.62. The Labute approximate surface area is 174 Å². The summed E-state index contributed by atoms with van der Waals surface area (Å²) >= 11 is 0. The molecule has 1 N–H and O–H groups in total. The van der Waals surface area contributed by atoms with Crippen molar-refractivity contribution < 1.29 is 9.32 Å². The molecule has 3 aromatic heterocycles. The van der Waals surface area contributed by atoms with Crippen LogP contribution in [-0.2, 0) is 12.0 Å². The number of carbonyl (C=O) groups excluding carboxylic acids is 1. The summed E-state index contributed by atoms with van der Waals surface area (Å²) in [6.45, 7) is 10.2. The van der Waals surface area contributed by atoms with Gasteiger partial charge in [-0.3, -0.25) is 4.79 Å². The molecule has 0 aliphatic heterocycles. The van der Waals surface area contributed by atoms with Crippen LogP contribution < -0.4 is 5.32 Å². The van der Waals surface area contributed by atoms with Gasteiger partial charge in [-0.25, -0.2) is 9.50 Å². The third-order valence-corrected chi connectivity index (χ3v) is 4.83. The van der Waals surface area contributed by atoms with Gasteiger partial charge in [-0.2, -0.15) is 10.1 Å². The van der Waals surface area contributed by atoms with Gasteiger partial charge in [0, 0.05) is 29.8 Å². The number of nitrogens with zero attached hydrogens (tertiary/aromatic N) is 5. The number of benzene rings is 1. The maximum absolute atomic E-state index is 12.4. The molecule has 0 radical (unpaired) electrons. The number of amides is 1. The number of aromatic nitrogens is 5. The predicted molar refractivity (Wildman–Crippen MR) is 112 cm³/mol. The number of hydrogen-bond donors (Lipinski definition) is 1. The number of rotatable bonds is 4. The SMILES string of the molecule is Cc1cc2nccc(-c3ccc(CNC(=O)c4noc(C(C)(C)C)n4)c(C)c3)n2n1. The minimum Gasteiger partial charge on any atom is -0.345 e. The molecule has 154 valence electrons. The Hall–Kier alpha value is -3.55. The van der Waals surface area contributed by atoms with E-state index in [1.54, 1.807) is 6.20 Å². The molecule has 0 aliphatic rings. The van der Waals surface area contributed by atoms with Crippen LogP contribution in [0, 0.1) is 13.8 Å². The van der Waals surface area contributed by atoms with Crippen LogP contribution in [0.2, 0.25) is 0 Å². The second kappa shape index (κ2) is 7.37. The normalized spacial score (nSPS) is 11.8. The summed E-state index contributed by atoms with van der Waals surface area (Å²) in [5.41, 5.74) is 5.50. The Bertz CT molecular complexity index is 1230. The molecular formula is C22H24N6O2. The van der Waals surface area contributed by atoms with Crippen LogP contribution in [0.5, 0.6) is 0 Å². The molecule has 0 aliphatic carbocycles. The van der Waals surface area contributed by atoms with Gasteiger partial charge in [0.15, 0.2) is 5.65 Å². The van der Waals surface area contributed by atoms with Gasteiger partial charge in [-0.05, 0) is 37.1 Å². The number of fused-ring (bicyclic) bond motifs is 1. The molecule has 3 heterocycles. The van der Waals surface area contributed by atoms with Gasteiger partial charge in [0.25, 0.3) is 11.7 Å². The van der Waals surface area contributed by atoms with Crippen molar-refractivity contribution in [3.8, 4) is 11.3 Å². The van der Waals surface area contributed by atoms with E-state index in [1.807, 2.05) is 63.4 Å². The highest BCUT2D eigenvalue weighted by molar-refractivity contribution is 5.90. The Morgan fingerprint density at radius 3 is 2.67 bits per heavy atom. The summed E-state index contributed by atoms with van der Waals surface area (Å²) in [5, 5.41) is 11.2. The largest absolute Gasteiger partial charge is 0.345 e. The van der Waals surface area contributed by atoms with Crippen molar-refractivity contribution in [3.63, 3.8) is 0 Å². The van der Waals surface area contributed by atoms with Gasteiger partial charge >= 0.3 is 0 Å². The third-order valence-electron chi connectivity index (χ3n) is 4.83. The smallest absolute Gasteiger partial charge is 0.292 e. The van der Waals surface area contributed by atoms with E-state index in [2.05, 4.69) is 31.6 Å². The van der Waals surface area contributed by atoms with Gasteiger partial charge in [0.05, 0.1) is 11.4 Å². The van der Waals surface area contributed by atoms with Gasteiger partial charge < -0.3 is 9.84 Å². The van der Waals surface area contributed by atoms with Crippen LogP contribution in [0.25, 0.3) is 16.9 Å². The third kappa shape index (κ3) is 3.80. The Morgan fingerprint density at radius 1 is 1.17 bits per heavy atom. The fourth-order valence-electron chi connectivity index (χ4n) is 3.16. The van der Waals surface area contributed by atoms with Crippen LogP contribution in [0.1, 0.15) is 54.1 Å². The summed E-state index contributed by atoms with van der Waals surface area (Å²) in [5.74, 6) is 0.119. The molecule has 8 nitrogen and oxygen atoms in total. The molecular weight excluding hydrogens is 380 g/mol. The maximum Gasteiger partial charge on any atom is 0.292 e. The maximum atomic E-state index is 12.4. The molecule has 0 unspecified atom stereocenters. The van der Waals surface area contributed by atoms with Crippen molar-refractivity contribution in [3.05, 3.63) is 65.1 Å². The molecule has 0 atom stereocenters. The van der Waals surface area contributed by atoms with Gasteiger partial charge in [-0.15, -0.1) is 0 Å². The van der Waals surface area contributed by atoms with Crippen LogP contribution in [0.4, 0.5) is 0 Å². The van der Waals surface area contributed by atoms with Crippen LogP contribution in [-0.4, -0.2) is 30.6 Å². The highest BCUT2D eigenvalue weighted by atomic mass is 16.5. The molecule has 1 aromatic carbocycles. The summed E-state index contributed by atoms with van der Waals surface area (Å²) in [6.07, 6.45) is 1.78. The molecule has 0 bridgehead atoms. The van der Waals surface area contributed by atoms with Crippen molar-refractivity contribution >= 4 is 11.6 Å². The van der Waals surface area contributed by atoms with Crippen LogP contribution >= 0.6 is 0 Å². The Morgan fingerprint density at radius 2 is 1.97 bits per heavy atom. The fourth-order valence-corrected chi connectivity index (χ4v) is 3.16. The first-order valence-electron chi connectivity index (χ1n) is 9.76. The number of hydrogen-bond acceptors (Lipinski definition) is 6. The summed E-state index contributed by atoms with van der Waals surface area (Å²) in [6, 6.07) is 10.00. The number of carbonyl (C=O) groups is 1. The molecule has 0 fully saturated rings. The van der Waals surface area contributed by atoms with E-state index in [0.717, 1.165) is 33.7 Å². The topological polar surface area (TPSA) is 98.2 Å². The molecule has 0 saturated heterocycles. The van der Waals surface area contributed by atoms with Gasteiger partial charge in [0.2, 0.25) is 5.89 Å². The van der Waals surface area contributed by atoms with E-state index in [0.29, 0.717) is 12.4 Å². The first-order chi connectivity index (χ1) is 14.2. The Balaban J connectivity index is 1.51. The summed E-state index contributed by atoms with van der Waals surface area (Å²) in [7, 11) is 0. The molecule has 1 amide bonds. The molecule has 30 heavy (non-hydrogen) atoms. The fraction of sp³-hybridized carbons (Fsp3) is 0.318. The lowest BCUT2D eigenvalue weighted by Crippen LogP contribution is -2.24. The highest BCUT2D eigenvalue weighted by Gasteiger charge is 2.24. The first-order valence-corrected chi connectivity index (χ1v) is 9.76. The van der Waals surface area contributed by atoms with Crippen molar-refractivity contribution in [2.24, 2.45) is 0 Å². The lowest BCUT2D eigenvalue weighted by Gasteiger charge is -2.11. The second-order valence-corrected chi connectivity index (χ2v) is 8.38. The average molecular weight is 404 g/mol. The molecule has 0 spiro atoms. The van der Waals surface area contributed by atoms with E-state index < -0.39 is 0 Å². The van der Waals surface area contributed by atoms with Gasteiger partial charge in [0.1, 0.15) is 0 Å². The zero-order valence-corrected chi connectivity index (χ0v) is 17.7. The van der Waals surface area contributed by atoms with E-state index in [4.69, 9.17) is 4.52 Å². The van der Waals surface area contributed by atoms with Crippen LogP contribution in [0.3, 0.4) is 0 Å². The monoisotopic (exact) mass is 404 g/mol. The molecule has 8 heteroatoms. The quantitative estimate of drug-likeness (QED) is 0.558. The van der Waals surface area contributed by atoms with Crippen molar-refractivity contribution in [1.82, 2.24) is 30.1 Å². The molecule has 0 saturated carbocycles. The zero-order chi connectivity index (χ0) is 21.5. The average Bonchev–Trinajstić information content (AvgIpc) is 3.32. The first kappa shape index (κ1) is 19.8. The number of nitrogens with one attached hydrogen (secondary N) is 1. The van der Waals surface area contributed by atoms with Crippen molar-refractivity contribution in [2.75, 3.05) is 0 Å². The lowest BCUT2D eigenvalue weighted by atomic mass is 9.97. The van der Waals surface area contributed by atoms with E-state index in [9.17, 15) is 4.79 Å². The summed E-state index contributed by atoms with van der Waals surface area (Å²) in [4.78, 5) is 20.9. The van der Waals surface area contributed by atoms with E-state index in [1.165, 1.54) is 0 Å². The highest BCUT2D eigenvalue weighted by Crippen LogP contribution is 2.23. The lowest BCUT2D eigenvalue weighted by molar-refractivity contribution is 0.0937. The minimum absolute atomic E-state index is 0.0439. The molecule has 4 aromatic rings.